The first kappa shape index (κ1) is 15.0. The fourth-order valence-electron chi connectivity index (χ4n) is 2.67. The second-order valence-corrected chi connectivity index (χ2v) is 5.36. The molecule has 20 heavy (non-hydrogen) atoms. The Morgan fingerprint density at radius 2 is 2.05 bits per heavy atom. The van der Waals surface area contributed by atoms with E-state index in [-0.39, 0.29) is 5.91 Å². The minimum absolute atomic E-state index is 0.223. The number of nitrogens with zero attached hydrogens (tertiary/aromatic N) is 2. The molecule has 2 rings (SSSR count). The Hall–Kier alpha value is -1.42. The normalized spacial score (nSPS) is 15.9. The van der Waals surface area contributed by atoms with Crippen LogP contribution < -0.4 is 5.32 Å². The van der Waals surface area contributed by atoms with Crippen LogP contribution in [0.15, 0.2) is 18.3 Å². The van der Waals surface area contributed by atoms with Gasteiger partial charge in [0.15, 0.2) is 0 Å². The maximum Gasteiger partial charge on any atom is 0.236 e. The van der Waals surface area contributed by atoms with Gasteiger partial charge < -0.3 is 10.2 Å². The van der Waals surface area contributed by atoms with Crippen molar-refractivity contribution in [2.24, 2.45) is 0 Å². The summed E-state index contributed by atoms with van der Waals surface area (Å²) in [4.78, 5) is 18.5. The topological polar surface area (TPSA) is 45.2 Å². The molecule has 1 N–H and O–H groups in total. The van der Waals surface area contributed by atoms with Gasteiger partial charge >= 0.3 is 0 Å². The van der Waals surface area contributed by atoms with Crippen molar-refractivity contribution in [3.8, 4) is 0 Å². The first-order valence-electron chi connectivity index (χ1n) is 7.72. The SMILES string of the molecule is CCc1cccnc1CNCC(=O)N1CCCCCC1. The van der Waals surface area contributed by atoms with Gasteiger partial charge in [0.25, 0.3) is 0 Å². The standard InChI is InChI=1S/C16H25N3O/c1-2-14-8-7-9-18-15(14)12-17-13-16(20)19-10-5-3-4-6-11-19/h7-9,17H,2-6,10-13H2,1H3. The third-order valence-corrected chi connectivity index (χ3v) is 3.89. The Balaban J connectivity index is 1.78. The summed E-state index contributed by atoms with van der Waals surface area (Å²) in [6.07, 6.45) is 7.59. The lowest BCUT2D eigenvalue weighted by atomic mass is 10.1. The highest BCUT2D eigenvalue weighted by atomic mass is 16.2. The van der Waals surface area contributed by atoms with Gasteiger partial charge in [0.1, 0.15) is 0 Å². The van der Waals surface area contributed by atoms with Gasteiger partial charge in [-0.1, -0.05) is 25.8 Å². The minimum Gasteiger partial charge on any atom is -0.342 e. The van der Waals surface area contributed by atoms with E-state index in [9.17, 15) is 4.79 Å². The molecule has 0 saturated carbocycles. The van der Waals surface area contributed by atoms with Gasteiger partial charge in [-0.2, -0.15) is 0 Å². The third-order valence-electron chi connectivity index (χ3n) is 3.89. The number of pyridine rings is 1. The number of aryl methyl sites for hydroxylation is 1. The fourth-order valence-corrected chi connectivity index (χ4v) is 2.67. The van der Waals surface area contributed by atoms with Gasteiger partial charge in [-0.05, 0) is 30.9 Å². The molecule has 0 atom stereocenters. The minimum atomic E-state index is 0.223. The third kappa shape index (κ3) is 4.30. The first-order chi connectivity index (χ1) is 9.81. The van der Waals surface area contributed by atoms with Gasteiger partial charge in [0.2, 0.25) is 5.91 Å². The molecular formula is C16H25N3O. The Morgan fingerprint density at radius 1 is 1.30 bits per heavy atom. The molecular weight excluding hydrogens is 250 g/mol. The zero-order chi connectivity index (χ0) is 14.2. The van der Waals surface area contributed by atoms with Crippen LogP contribution in [0.3, 0.4) is 0 Å². The van der Waals surface area contributed by atoms with Gasteiger partial charge in [-0.25, -0.2) is 0 Å². The van der Waals surface area contributed by atoms with Crippen LogP contribution in [-0.2, 0) is 17.8 Å². The van der Waals surface area contributed by atoms with Crippen molar-refractivity contribution in [1.29, 1.82) is 0 Å². The summed E-state index contributed by atoms with van der Waals surface area (Å²) < 4.78 is 0. The molecule has 1 aromatic rings. The van der Waals surface area contributed by atoms with Gasteiger partial charge in [-0.15, -0.1) is 0 Å². The van der Waals surface area contributed by atoms with Crippen LogP contribution >= 0.6 is 0 Å². The van der Waals surface area contributed by atoms with Crippen molar-refractivity contribution < 1.29 is 4.79 Å². The molecule has 1 fully saturated rings. The predicted octanol–water partition coefficient (Wildman–Crippen LogP) is 2.14. The average Bonchev–Trinajstić information content (AvgIpc) is 2.77. The lowest BCUT2D eigenvalue weighted by molar-refractivity contribution is -0.130. The Labute approximate surface area is 121 Å². The monoisotopic (exact) mass is 275 g/mol. The van der Waals surface area contributed by atoms with Crippen LogP contribution in [0.1, 0.15) is 43.9 Å². The molecule has 1 aromatic heterocycles. The number of amides is 1. The van der Waals surface area contributed by atoms with Crippen molar-refractivity contribution in [1.82, 2.24) is 15.2 Å². The summed E-state index contributed by atoms with van der Waals surface area (Å²) in [5, 5.41) is 3.24. The highest BCUT2D eigenvalue weighted by molar-refractivity contribution is 5.78. The molecule has 0 aliphatic carbocycles. The molecule has 0 unspecified atom stereocenters. The quantitative estimate of drug-likeness (QED) is 0.895. The first-order valence-corrected chi connectivity index (χ1v) is 7.72. The number of aromatic nitrogens is 1. The maximum absolute atomic E-state index is 12.1. The van der Waals surface area contributed by atoms with Crippen LogP contribution in [0.25, 0.3) is 0 Å². The maximum atomic E-state index is 12.1. The van der Waals surface area contributed by atoms with Crippen molar-refractivity contribution >= 4 is 5.91 Å². The zero-order valence-electron chi connectivity index (χ0n) is 12.4. The molecule has 0 spiro atoms. The summed E-state index contributed by atoms with van der Waals surface area (Å²) in [5.74, 6) is 0.223. The Kier molecular flexibility index (Phi) is 5.99. The Bertz CT molecular complexity index is 425. The molecule has 0 radical (unpaired) electrons. The number of carbonyl (C=O) groups is 1. The highest BCUT2D eigenvalue weighted by Crippen LogP contribution is 2.09. The van der Waals surface area contributed by atoms with E-state index in [2.05, 4.69) is 23.3 Å². The number of likely N-dealkylation sites (tertiary alicyclic amines) is 1. The number of hydrogen-bond acceptors (Lipinski definition) is 3. The molecule has 4 nitrogen and oxygen atoms in total. The van der Waals surface area contributed by atoms with Crippen LogP contribution in [0.2, 0.25) is 0 Å². The van der Waals surface area contributed by atoms with E-state index in [0.717, 1.165) is 38.0 Å². The van der Waals surface area contributed by atoms with Crippen molar-refractivity contribution in [3.63, 3.8) is 0 Å². The van der Waals surface area contributed by atoms with E-state index >= 15 is 0 Å². The predicted molar refractivity (Wildman–Crippen MR) is 80.4 cm³/mol. The average molecular weight is 275 g/mol. The van der Waals surface area contributed by atoms with E-state index < -0.39 is 0 Å². The van der Waals surface area contributed by atoms with E-state index in [0.29, 0.717) is 13.1 Å². The molecule has 4 heteroatoms. The number of hydrogen-bond donors (Lipinski definition) is 1. The number of nitrogens with one attached hydrogen (secondary N) is 1. The molecule has 1 saturated heterocycles. The number of carbonyl (C=O) groups excluding carboxylic acids is 1. The van der Waals surface area contributed by atoms with Gasteiger partial charge in [0, 0.05) is 25.8 Å². The fraction of sp³-hybridized carbons (Fsp3) is 0.625. The van der Waals surface area contributed by atoms with Crippen molar-refractivity contribution in [2.75, 3.05) is 19.6 Å². The number of rotatable bonds is 5. The zero-order valence-corrected chi connectivity index (χ0v) is 12.4. The van der Waals surface area contributed by atoms with E-state index in [1.165, 1.54) is 18.4 Å². The van der Waals surface area contributed by atoms with Gasteiger partial charge in [-0.3, -0.25) is 9.78 Å². The van der Waals surface area contributed by atoms with Gasteiger partial charge in [0.05, 0.1) is 12.2 Å². The lowest BCUT2D eigenvalue weighted by Gasteiger charge is -2.20. The highest BCUT2D eigenvalue weighted by Gasteiger charge is 2.14. The molecule has 1 aliphatic rings. The van der Waals surface area contributed by atoms with E-state index in [1.54, 1.807) is 0 Å². The summed E-state index contributed by atoms with van der Waals surface area (Å²) in [5.41, 5.74) is 2.31. The van der Waals surface area contributed by atoms with Crippen LogP contribution in [0, 0.1) is 0 Å². The van der Waals surface area contributed by atoms with Crippen LogP contribution in [0.4, 0.5) is 0 Å². The summed E-state index contributed by atoms with van der Waals surface area (Å²) in [7, 11) is 0. The molecule has 1 aliphatic heterocycles. The molecule has 2 heterocycles. The molecule has 0 bridgehead atoms. The Morgan fingerprint density at radius 3 is 2.75 bits per heavy atom. The summed E-state index contributed by atoms with van der Waals surface area (Å²) in [6.45, 7) is 5.06. The molecule has 0 aromatic carbocycles. The van der Waals surface area contributed by atoms with Crippen LogP contribution in [-0.4, -0.2) is 35.4 Å². The second kappa shape index (κ2) is 8.00. The second-order valence-electron chi connectivity index (χ2n) is 5.36. The summed E-state index contributed by atoms with van der Waals surface area (Å²) >= 11 is 0. The van der Waals surface area contributed by atoms with E-state index in [4.69, 9.17) is 0 Å². The van der Waals surface area contributed by atoms with Crippen molar-refractivity contribution in [2.45, 2.75) is 45.6 Å². The largest absolute Gasteiger partial charge is 0.342 e. The summed E-state index contributed by atoms with van der Waals surface area (Å²) in [6, 6.07) is 4.06. The lowest BCUT2D eigenvalue weighted by Crippen LogP contribution is -2.38. The molecule has 110 valence electrons. The van der Waals surface area contributed by atoms with Crippen LogP contribution in [0.5, 0.6) is 0 Å². The smallest absolute Gasteiger partial charge is 0.236 e. The van der Waals surface area contributed by atoms with Crippen molar-refractivity contribution in [3.05, 3.63) is 29.6 Å². The van der Waals surface area contributed by atoms with E-state index in [1.807, 2.05) is 17.2 Å². The molecule has 1 amide bonds.